The van der Waals surface area contributed by atoms with E-state index < -0.39 is 0 Å². The van der Waals surface area contributed by atoms with Gasteiger partial charge < -0.3 is 5.32 Å². The maximum absolute atomic E-state index is 4.42. The first-order valence-corrected chi connectivity index (χ1v) is 7.50. The van der Waals surface area contributed by atoms with E-state index in [0.29, 0.717) is 0 Å². The van der Waals surface area contributed by atoms with E-state index in [4.69, 9.17) is 0 Å². The molecule has 0 bridgehead atoms. The molecule has 1 aromatic carbocycles. The Morgan fingerprint density at radius 2 is 2.11 bits per heavy atom. The fraction of sp³-hybridized carbons (Fsp3) is 0.333. The van der Waals surface area contributed by atoms with Gasteiger partial charge in [-0.05, 0) is 25.5 Å². The van der Waals surface area contributed by atoms with Crippen LogP contribution in [0.3, 0.4) is 0 Å². The molecule has 0 saturated heterocycles. The van der Waals surface area contributed by atoms with Crippen LogP contribution in [-0.2, 0) is 5.75 Å². The standard InChI is InChI=1S/C15H19N3S/c1-3-7-16-15-10-17-13(9-18-15)11-19-14-6-4-5-12(2)8-14/h4-6,8-10H,3,7,11H2,1-2H3,(H,16,18). The molecule has 0 unspecified atom stereocenters. The van der Waals surface area contributed by atoms with E-state index in [2.05, 4.69) is 53.4 Å². The Morgan fingerprint density at radius 1 is 1.21 bits per heavy atom. The highest BCUT2D eigenvalue weighted by atomic mass is 32.2. The topological polar surface area (TPSA) is 37.8 Å². The molecule has 0 spiro atoms. The summed E-state index contributed by atoms with van der Waals surface area (Å²) < 4.78 is 0. The Hall–Kier alpha value is -1.55. The fourth-order valence-electron chi connectivity index (χ4n) is 1.64. The summed E-state index contributed by atoms with van der Waals surface area (Å²) >= 11 is 1.79. The van der Waals surface area contributed by atoms with Crippen molar-refractivity contribution in [3.05, 3.63) is 47.9 Å². The SMILES string of the molecule is CCCNc1cnc(CSc2cccc(C)c2)cn1. The van der Waals surface area contributed by atoms with Crippen molar-refractivity contribution in [1.29, 1.82) is 0 Å². The molecular weight excluding hydrogens is 254 g/mol. The van der Waals surface area contributed by atoms with E-state index in [9.17, 15) is 0 Å². The molecule has 0 saturated carbocycles. The Morgan fingerprint density at radius 3 is 2.79 bits per heavy atom. The number of nitrogens with zero attached hydrogens (tertiary/aromatic N) is 2. The fourth-order valence-corrected chi connectivity index (χ4v) is 2.54. The molecule has 4 heteroatoms. The maximum atomic E-state index is 4.42. The predicted octanol–water partition coefficient (Wildman–Crippen LogP) is 3.90. The van der Waals surface area contributed by atoms with Crippen LogP contribution in [0.5, 0.6) is 0 Å². The Kier molecular flexibility index (Phi) is 5.21. The first-order valence-electron chi connectivity index (χ1n) is 6.52. The monoisotopic (exact) mass is 273 g/mol. The van der Waals surface area contributed by atoms with Gasteiger partial charge in [0.05, 0.1) is 18.1 Å². The van der Waals surface area contributed by atoms with Gasteiger partial charge in [-0.15, -0.1) is 11.8 Å². The molecule has 0 radical (unpaired) electrons. The Bertz CT molecular complexity index is 511. The van der Waals surface area contributed by atoms with Crippen LogP contribution in [0.25, 0.3) is 0 Å². The largest absolute Gasteiger partial charge is 0.369 e. The number of rotatable bonds is 6. The van der Waals surface area contributed by atoms with Crippen molar-refractivity contribution in [1.82, 2.24) is 9.97 Å². The van der Waals surface area contributed by atoms with Crippen LogP contribution >= 0.6 is 11.8 Å². The Labute approximate surface area is 118 Å². The van der Waals surface area contributed by atoms with Crippen LogP contribution in [-0.4, -0.2) is 16.5 Å². The molecule has 2 rings (SSSR count). The zero-order valence-corrected chi connectivity index (χ0v) is 12.2. The van der Waals surface area contributed by atoms with Gasteiger partial charge in [0.2, 0.25) is 0 Å². The minimum atomic E-state index is 0.852. The molecule has 0 aliphatic heterocycles. The summed E-state index contributed by atoms with van der Waals surface area (Å²) in [5.74, 6) is 1.70. The molecule has 0 aliphatic rings. The van der Waals surface area contributed by atoms with Gasteiger partial charge in [0, 0.05) is 17.2 Å². The van der Waals surface area contributed by atoms with Gasteiger partial charge in [0.15, 0.2) is 0 Å². The van der Waals surface area contributed by atoms with Crippen molar-refractivity contribution in [3.63, 3.8) is 0 Å². The molecule has 100 valence electrons. The predicted molar refractivity (Wildman–Crippen MR) is 81.6 cm³/mol. The molecule has 0 amide bonds. The highest BCUT2D eigenvalue weighted by Gasteiger charge is 1.99. The minimum absolute atomic E-state index is 0.852. The zero-order valence-electron chi connectivity index (χ0n) is 11.4. The molecule has 0 fully saturated rings. The molecule has 1 heterocycles. The van der Waals surface area contributed by atoms with Crippen molar-refractivity contribution in [2.75, 3.05) is 11.9 Å². The summed E-state index contributed by atoms with van der Waals surface area (Å²) in [5, 5.41) is 3.22. The van der Waals surface area contributed by atoms with E-state index in [1.165, 1.54) is 10.5 Å². The number of aryl methyl sites for hydroxylation is 1. The first kappa shape index (κ1) is 13.9. The van der Waals surface area contributed by atoms with E-state index in [1.54, 1.807) is 11.8 Å². The summed E-state index contributed by atoms with van der Waals surface area (Å²) in [6.45, 7) is 5.18. The number of anilines is 1. The number of hydrogen-bond donors (Lipinski definition) is 1. The average Bonchev–Trinajstić information content (AvgIpc) is 2.44. The lowest BCUT2D eigenvalue weighted by atomic mass is 10.2. The second-order valence-corrected chi connectivity index (χ2v) is 5.47. The Balaban J connectivity index is 1.89. The van der Waals surface area contributed by atoms with Gasteiger partial charge in [0.1, 0.15) is 5.82 Å². The van der Waals surface area contributed by atoms with Crippen molar-refractivity contribution < 1.29 is 0 Å². The number of aromatic nitrogens is 2. The molecule has 3 nitrogen and oxygen atoms in total. The smallest absolute Gasteiger partial charge is 0.144 e. The minimum Gasteiger partial charge on any atom is -0.369 e. The van der Waals surface area contributed by atoms with E-state index in [1.807, 2.05) is 12.4 Å². The summed E-state index contributed by atoms with van der Waals surface area (Å²) in [7, 11) is 0. The van der Waals surface area contributed by atoms with Crippen molar-refractivity contribution in [2.24, 2.45) is 0 Å². The van der Waals surface area contributed by atoms with Crippen molar-refractivity contribution >= 4 is 17.6 Å². The molecule has 1 N–H and O–H groups in total. The van der Waals surface area contributed by atoms with Gasteiger partial charge in [-0.25, -0.2) is 4.98 Å². The highest BCUT2D eigenvalue weighted by Crippen LogP contribution is 2.22. The van der Waals surface area contributed by atoms with E-state index >= 15 is 0 Å². The van der Waals surface area contributed by atoms with Gasteiger partial charge >= 0.3 is 0 Å². The summed E-state index contributed by atoms with van der Waals surface area (Å²) in [4.78, 5) is 10.1. The highest BCUT2D eigenvalue weighted by molar-refractivity contribution is 7.98. The maximum Gasteiger partial charge on any atom is 0.144 e. The van der Waals surface area contributed by atoms with Crippen LogP contribution in [0, 0.1) is 6.92 Å². The van der Waals surface area contributed by atoms with Crippen LogP contribution in [0.1, 0.15) is 24.6 Å². The third kappa shape index (κ3) is 4.56. The quantitative estimate of drug-likeness (QED) is 0.810. The summed E-state index contributed by atoms with van der Waals surface area (Å²) in [6, 6.07) is 8.51. The molecular formula is C15H19N3S. The van der Waals surface area contributed by atoms with Gasteiger partial charge in [-0.1, -0.05) is 24.6 Å². The normalized spacial score (nSPS) is 10.4. The van der Waals surface area contributed by atoms with E-state index in [0.717, 1.165) is 30.2 Å². The number of thioether (sulfide) groups is 1. The number of nitrogens with one attached hydrogen (secondary N) is 1. The second kappa shape index (κ2) is 7.14. The third-order valence-corrected chi connectivity index (χ3v) is 3.67. The lowest BCUT2D eigenvalue weighted by Gasteiger charge is -2.05. The first-order chi connectivity index (χ1) is 9.28. The molecule has 1 aromatic heterocycles. The van der Waals surface area contributed by atoms with Crippen LogP contribution in [0.2, 0.25) is 0 Å². The van der Waals surface area contributed by atoms with Crippen LogP contribution in [0.15, 0.2) is 41.6 Å². The van der Waals surface area contributed by atoms with E-state index in [-0.39, 0.29) is 0 Å². The summed E-state index contributed by atoms with van der Waals surface area (Å²) in [6.07, 6.45) is 4.75. The molecule has 19 heavy (non-hydrogen) atoms. The number of benzene rings is 1. The third-order valence-electron chi connectivity index (χ3n) is 2.64. The van der Waals surface area contributed by atoms with Gasteiger partial charge in [0.25, 0.3) is 0 Å². The molecule has 0 atom stereocenters. The number of hydrogen-bond acceptors (Lipinski definition) is 4. The average molecular weight is 273 g/mol. The zero-order chi connectivity index (χ0) is 13.5. The lowest BCUT2D eigenvalue weighted by Crippen LogP contribution is -2.02. The van der Waals surface area contributed by atoms with Gasteiger partial charge in [-0.2, -0.15) is 0 Å². The van der Waals surface area contributed by atoms with Crippen LogP contribution in [0.4, 0.5) is 5.82 Å². The van der Waals surface area contributed by atoms with Crippen LogP contribution < -0.4 is 5.32 Å². The summed E-state index contributed by atoms with van der Waals surface area (Å²) in [5.41, 5.74) is 2.30. The van der Waals surface area contributed by atoms with Crippen molar-refractivity contribution in [3.8, 4) is 0 Å². The molecule has 2 aromatic rings. The van der Waals surface area contributed by atoms with Crippen molar-refractivity contribution in [2.45, 2.75) is 30.9 Å². The molecule has 0 aliphatic carbocycles. The lowest BCUT2D eigenvalue weighted by molar-refractivity contribution is 0.960. The second-order valence-electron chi connectivity index (χ2n) is 4.42. The van der Waals surface area contributed by atoms with Gasteiger partial charge in [-0.3, -0.25) is 4.98 Å².